The van der Waals surface area contributed by atoms with Gasteiger partial charge in [-0.15, -0.1) is 0 Å². The quantitative estimate of drug-likeness (QED) is 0.837. The Morgan fingerprint density at radius 2 is 2.17 bits per heavy atom. The zero-order chi connectivity index (χ0) is 12.8. The van der Waals surface area contributed by atoms with E-state index in [2.05, 4.69) is 33.2 Å². The fraction of sp³-hybridized carbons (Fsp3) is 0.643. The first-order chi connectivity index (χ1) is 8.77. The maximum Gasteiger partial charge on any atom is 0.140 e. The van der Waals surface area contributed by atoms with Crippen molar-refractivity contribution in [2.45, 2.75) is 45.1 Å². The van der Waals surface area contributed by atoms with Crippen LogP contribution in [-0.4, -0.2) is 24.2 Å². The number of aromatic nitrogens is 1. The molecule has 0 bridgehead atoms. The molecule has 0 saturated heterocycles. The summed E-state index contributed by atoms with van der Waals surface area (Å²) >= 11 is 3.54. The molecule has 18 heavy (non-hydrogen) atoms. The molecule has 1 aliphatic carbocycles. The van der Waals surface area contributed by atoms with Crippen molar-refractivity contribution in [1.82, 2.24) is 4.98 Å². The van der Waals surface area contributed by atoms with Crippen LogP contribution in [0, 0.1) is 6.92 Å². The molecule has 1 aliphatic rings. The molecule has 1 N–H and O–H groups in total. The minimum absolute atomic E-state index is 0.481. The van der Waals surface area contributed by atoms with Gasteiger partial charge in [0.15, 0.2) is 0 Å². The topological polar surface area (TPSA) is 34.2 Å². The summed E-state index contributed by atoms with van der Waals surface area (Å²) in [5.74, 6) is 0.905. The molecule has 100 valence electrons. The first-order valence-corrected chi connectivity index (χ1v) is 7.53. The van der Waals surface area contributed by atoms with E-state index in [0.717, 1.165) is 23.4 Å². The Bertz CT molecular complexity index is 378. The van der Waals surface area contributed by atoms with Gasteiger partial charge in [0, 0.05) is 12.7 Å². The van der Waals surface area contributed by atoms with Crippen molar-refractivity contribution in [2.75, 3.05) is 18.5 Å². The van der Waals surface area contributed by atoms with E-state index in [4.69, 9.17) is 4.74 Å². The lowest BCUT2D eigenvalue weighted by Crippen LogP contribution is -2.20. The Hall–Kier alpha value is -0.610. The van der Waals surface area contributed by atoms with Crippen molar-refractivity contribution in [3.8, 4) is 0 Å². The predicted octanol–water partition coefficient (Wildman–Crippen LogP) is 3.91. The average molecular weight is 313 g/mol. The summed E-state index contributed by atoms with van der Waals surface area (Å²) in [6, 6.07) is 1.99. The Balaban J connectivity index is 1.70. The van der Waals surface area contributed by atoms with Gasteiger partial charge in [0.05, 0.1) is 17.2 Å². The Morgan fingerprint density at radius 1 is 1.39 bits per heavy atom. The van der Waals surface area contributed by atoms with Crippen LogP contribution in [0.4, 0.5) is 5.82 Å². The summed E-state index contributed by atoms with van der Waals surface area (Å²) in [4.78, 5) is 4.31. The Morgan fingerprint density at radius 3 is 2.94 bits per heavy atom. The summed E-state index contributed by atoms with van der Waals surface area (Å²) < 4.78 is 6.91. The number of pyridine rings is 1. The monoisotopic (exact) mass is 312 g/mol. The summed E-state index contributed by atoms with van der Waals surface area (Å²) in [6.45, 7) is 3.63. The van der Waals surface area contributed by atoms with Gasteiger partial charge in [-0.2, -0.15) is 0 Å². The fourth-order valence-corrected chi connectivity index (χ4v) is 2.66. The van der Waals surface area contributed by atoms with Crippen molar-refractivity contribution in [3.63, 3.8) is 0 Å². The number of hydrogen-bond donors (Lipinski definition) is 1. The van der Waals surface area contributed by atoms with Crippen LogP contribution < -0.4 is 5.32 Å². The highest BCUT2D eigenvalue weighted by Gasteiger charge is 2.13. The molecule has 2 rings (SSSR count). The molecular weight excluding hydrogens is 292 g/mol. The third-order valence-corrected chi connectivity index (χ3v) is 4.38. The highest BCUT2D eigenvalue weighted by Crippen LogP contribution is 2.23. The lowest BCUT2D eigenvalue weighted by atomic mass is 9.98. The summed E-state index contributed by atoms with van der Waals surface area (Å²) in [6.07, 6.45) is 8.78. The summed E-state index contributed by atoms with van der Waals surface area (Å²) in [5.41, 5.74) is 1.20. The molecule has 1 heterocycles. The molecule has 1 saturated carbocycles. The first-order valence-electron chi connectivity index (χ1n) is 6.74. The van der Waals surface area contributed by atoms with Crippen LogP contribution in [0.1, 0.15) is 37.7 Å². The van der Waals surface area contributed by atoms with Crippen LogP contribution in [0.15, 0.2) is 16.7 Å². The van der Waals surface area contributed by atoms with E-state index >= 15 is 0 Å². The fourth-order valence-electron chi connectivity index (χ4n) is 2.29. The van der Waals surface area contributed by atoms with Gasteiger partial charge in [0.2, 0.25) is 0 Å². The smallest absolute Gasteiger partial charge is 0.140 e. The molecule has 0 aliphatic heterocycles. The lowest BCUT2D eigenvalue weighted by Gasteiger charge is -2.22. The number of anilines is 1. The molecule has 1 fully saturated rings. The maximum absolute atomic E-state index is 5.87. The van der Waals surface area contributed by atoms with Gasteiger partial charge >= 0.3 is 0 Å². The first kappa shape index (κ1) is 13.8. The minimum Gasteiger partial charge on any atom is -0.376 e. The van der Waals surface area contributed by atoms with Crippen molar-refractivity contribution in [2.24, 2.45) is 0 Å². The second-order valence-electron chi connectivity index (χ2n) is 4.85. The normalized spacial score (nSPS) is 16.8. The van der Waals surface area contributed by atoms with Crippen LogP contribution in [0.5, 0.6) is 0 Å². The molecule has 4 heteroatoms. The van der Waals surface area contributed by atoms with Crippen LogP contribution >= 0.6 is 15.9 Å². The van der Waals surface area contributed by atoms with Gasteiger partial charge in [0.25, 0.3) is 0 Å². The lowest BCUT2D eigenvalue weighted by molar-refractivity contribution is 0.0347. The molecule has 0 aromatic carbocycles. The number of aryl methyl sites for hydroxylation is 1. The largest absolute Gasteiger partial charge is 0.376 e. The number of ether oxygens (including phenoxy) is 1. The van der Waals surface area contributed by atoms with E-state index in [1.54, 1.807) is 0 Å². The van der Waals surface area contributed by atoms with E-state index in [9.17, 15) is 0 Å². The number of rotatable bonds is 5. The van der Waals surface area contributed by atoms with E-state index < -0.39 is 0 Å². The van der Waals surface area contributed by atoms with Gasteiger partial charge in [-0.1, -0.05) is 19.3 Å². The van der Waals surface area contributed by atoms with Crippen molar-refractivity contribution < 1.29 is 4.74 Å². The molecular formula is C14H21BrN2O. The van der Waals surface area contributed by atoms with E-state index in [0.29, 0.717) is 6.10 Å². The molecule has 0 atom stereocenters. The van der Waals surface area contributed by atoms with Crippen LogP contribution in [0.2, 0.25) is 0 Å². The predicted molar refractivity (Wildman–Crippen MR) is 78.0 cm³/mol. The van der Waals surface area contributed by atoms with Gasteiger partial charge in [-0.3, -0.25) is 0 Å². The van der Waals surface area contributed by atoms with Crippen molar-refractivity contribution in [1.29, 1.82) is 0 Å². The van der Waals surface area contributed by atoms with Gasteiger partial charge < -0.3 is 10.1 Å². The minimum atomic E-state index is 0.481. The number of halogens is 1. The zero-order valence-corrected chi connectivity index (χ0v) is 12.5. The number of nitrogens with zero attached hydrogens (tertiary/aromatic N) is 1. The van der Waals surface area contributed by atoms with E-state index in [1.165, 1.54) is 37.7 Å². The molecule has 1 aromatic rings. The van der Waals surface area contributed by atoms with Gasteiger partial charge in [-0.05, 0) is 47.3 Å². The van der Waals surface area contributed by atoms with Crippen LogP contribution in [0.3, 0.4) is 0 Å². The highest BCUT2D eigenvalue weighted by atomic mass is 79.9. The zero-order valence-electron chi connectivity index (χ0n) is 10.9. The Labute approximate surface area is 117 Å². The molecule has 0 spiro atoms. The van der Waals surface area contributed by atoms with Gasteiger partial charge in [0.1, 0.15) is 5.82 Å². The maximum atomic E-state index is 5.87. The van der Waals surface area contributed by atoms with Gasteiger partial charge in [-0.25, -0.2) is 4.98 Å². The number of nitrogens with one attached hydrogen (secondary N) is 1. The SMILES string of the molecule is Cc1ccnc(NCCOC2CCCCC2)c1Br. The van der Waals surface area contributed by atoms with Crippen LogP contribution in [-0.2, 0) is 4.74 Å². The van der Waals surface area contributed by atoms with E-state index in [1.807, 2.05) is 12.3 Å². The summed E-state index contributed by atoms with van der Waals surface area (Å²) in [5, 5.41) is 3.31. The molecule has 0 unspecified atom stereocenters. The molecule has 0 amide bonds. The second-order valence-corrected chi connectivity index (χ2v) is 5.64. The highest BCUT2D eigenvalue weighted by molar-refractivity contribution is 9.10. The van der Waals surface area contributed by atoms with E-state index in [-0.39, 0.29) is 0 Å². The second kappa shape index (κ2) is 7.10. The number of hydrogen-bond acceptors (Lipinski definition) is 3. The molecule has 1 aromatic heterocycles. The average Bonchev–Trinajstić information content (AvgIpc) is 2.40. The molecule has 0 radical (unpaired) electrons. The van der Waals surface area contributed by atoms with Crippen molar-refractivity contribution in [3.05, 3.63) is 22.3 Å². The van der Waals surface area contributed by atoms with Crippen LogP contribution in [0.25, 0.3) is 0 Å². The summed E-state index contributed by atoms with van der Waals surface area (Å²) in [7, 11) is 0. The standard InChI is InChI=1S/C14H21BrN2O/c1-11-7-8-16-14(13(11)15)17-9-10-18-12-5-3-2-4-6-12/h7-8,12H,2-6,9-10H2,1H3,(H,16,17). The third-order valence-electron chi connectivity index (χ3n) is 3.38. The molecule has 3 nitrogen and oxygen atoms in total. The third kappa shape index (κ3) is 3.95. The Kier molecular flexibility index (Phi) is 5.45. The van der Waals surface area contributed by atoms with Crippen molar-refractivity contribution >= 4 is 21.7 Å².